The van der Waals surface area contributed by atoms with E-state index >= 15 is 0 Å². The molecule has 1 aromatic rings. The summed E-state index contributed by atoms with van der Waals surface area (Å²) in [7, 11) is 0. The van der Waals surface area contributed by atoms with Crippen LogP contribution in [0, 0.1) is 0 Å². The second kappa shape index (κ2) is 4.39. The molecule has 0 aliphatic carbocycles. The van der Waals surface area contributed by atoms with Crippen molar-refractivity contribution in [3.05, 3.63) is 17.5 Å². The largest absolute Gasteiger partial charge is 0.364 e. The molecule has 5 heteroatoms. The van der Waals surface area contributed by atoms with Gasteiger partial charge in [-0.3, -0.25) is 4.79 Å². The van der Waals surface area contributed by atoms with Crippen LogP contribution < -0.4 is 5.32 Å². The van der Waals surface area contributed by atoms with Crippen LogP contribution in [0.5, 0.6) is 0 Å². The molecule has 70 valence electrons. The normalized spacial score (nSPS) is 9.62. The number of carbonyl (C=O) groups is 2. The first kappa shape index (κ1) is 9.44. The molecule has 1 amide bonds. The number of nitrogens with one attached hydrogen (secondary N) is 1. The number of aryl methyl sites for hydroxylation is 1. The van der Waals surface area contributed by atoms with Gasteiger partial charge in [-0.15, -0.1) is 0 Å². The van der Waals surface area contributed by atoms with Gasteiger partial charge >= 0.3 is 0 Å². The van der Waals surface area contributed by atoms with Crippen LogP contribution in [0.15, 0.2) is 10.8 Å². The molecule has 0 bridgehead atoms. The highest BCUT2D eigenvalue weighted by molar-refractivity contribution is 5.94. The summed E-state index contributed by atoms with van der Waals surface area (Å²) in [4.78, 5) is 21.2. The summed E-state index contributed by atoms with van der Waals surface area (Å²) in [5.41, 5.74) is 0.993. The predicted molar refractivity (Wildman–Crippen MR) is 44.3 cm³/mol. The Morgan fingerprint density at radius 1 is 1.77 bits per heavy atom. The first-order valence-corrected chi connectivity index (χ1v) is 3.94. The molecule has 0 fully saturated rings. The fourth-order valence-electron chi connectivity index (χ4n) is 0.913. The Labute approximate surface area is 75.1 Å². The molecule has 1 rings (SSSR count). The number of carbonyl (C=O) groups excluding carboxylic acids is 2. The van der Waals surface area contributed by atoms with Gasteiger partial charge in [-0.05, 0) is 6.42 Å². The monoisotopic (exact) mass is 182 g/mol. The van der Waals surface area contributed by atoms with E-state index in [9.17, 15) is 9.59 Å². The van der Waals surface area contributed by atoms with Crippen molar-refractivity contribution in [1.82, 2.24) is 10.5 Å². The lowest BCUT2D eigenvalue weighted by Gasteiger charge is -1.97. The molecule has 1 heterocycles. The molecule has 13 heavy (non-hydrogen) atoms. The molecule has 0 atom stereocenters. The molecule has 0 unspecified atom stereocenters. The standard InChI is InChI=1S/C8H10N2O3/c1-2-6-5-13-10-7(6)8(12)9-3-4-11/h4-5H,2-3H2,1H3,(H,9,12). The third-order valence-corrected chi connectivity index (χ3v) is 1.59. The average Bonchev–Trinajstić information content (AvgIpc) is 2.61. The van der Waals surface area contributed by atoms with Crippen molar-refractivity contribution in [1.29, 1.82) is 0 Å². The SMILES string of the molecule is CCc1conc1C(=O)NCC=O. The third-order valence-electron chi connectivity index (χ3n) is 1.59. The lowest BCUT2D eigenvalue weighted by Crippen LogP contribution is -2.26. The van der Waals surface area contributed by atoms with Crippen LogP contribution in [-0.2, 0) is 11.2 Å². The van der Waals surface area contributed by atoms with Crippen LogP contribution >= 0.6 is 0 Å². The van der Waals surface area contributed by atoms with Crippen molar-refractivity contribution < 1.29 is 14.1 Å². The zero-order chi connectivity index (χ0) is 9.68. The molecule has 0 aliphatic heterocycles. The smallest absolute Gasteiger partial charge is 0.274 e. The van der Waals surface area contributed by atoms with E-state index in [1.165, 1.54) is 6.26 Å². The quantitative estimate of drug-likeness (QED) is 0.673. The molecule has 0 aliphatic rings. The zero-order valence-electron chi connectivity index (χ0n) is 7.24. The van der Waals surface area contributed by atoms with E-state index in [2.05, 4.69) is 15.0 Å². The molecular weight excluding hydrogens is 172 g/mol. The molecule has 0 saturated heterocycles. The van der Waals surface area contributed by atoms with E-state index in [1.54, 1.807) is 0 Å². The van der Waals surface area contributed by atoms with Crippen molar-refractivity contribution >= 4 is 12.2 Å². The molecule has 5 nitrogen and oxygen atoms in total. The van der Waals surface area contributed by atoms with Crippen molar-refractivity contribution in [3.63, 3.8) is 0 Å². The fourth-order valence-corrected chi connectivity index (χ4v) is 0.913. The second-order valence-electron chi connectivity index (χ2n) is 2.42. The highest BCUT2D eigenvalue weighted by Gasteiger charge is 2.13. The third kappa shape index (κ3) is 2.14. The summed E-state index contributed by atoms with van der Waals surface area (Å²) in [6.45, 7) is 1.89. The van der Waals surface area contributed by atoms with Crippen molar-refractivity contribution in [3.8, 4) is 0 Å². The summed E-state index contributed by atoms with van der Waals surface area (Å²) in [5.74, 6) is -0.377. The maximum absolute atomic E-state index is 11.3. The van der Waals surface area contributed by atoms with Gasteiger partial charge in [0.2, 0.25) is 0 Å². The van der Waals surface area contributed by atoms with E-state index in [0.29, 0.717) is 12.7 Å². The van der Waals surface area contributed by atoms with Gasteiger partial charge in [0.1, 0.15) is 12.5 Å². The lowest BCUT2D eigenvalue weighted by molar-refractivity contribution is -0.107. The Kier molecular flexibility index (Phi) is 3.19. The van der Waals surface area contributed by atoms with Crippen LogP contribution in [0.2, 0.25) is 0 Å². The van der Waals surface area contributed by atoms with Gasteiger partial charge in [0.05, 0.1) is 6.54 Å². The van der Waals surface area contributed by atoms with Gasteiger partial charge in [0.25, 0.3) is 5.91 Å². The van der Waals surface area contributed by atoms with Gasteiger partial charge in [0, 0.05) is 5.56 Å². The highest BCUT2D eigenvalue weighted by atomic mass is 16.5. The summed E-state index contributed by atoms with van der Waals surface area (Å²) in [6.07, 6.45) is 2.72. The maximum atomic E-state index is 11.3. The van der Waals surface area contributed by atoms with E-state index < -0.39 is 0 Å². The average molecular weight is 182 g/mol. The Bertz CT molecular complexity index is 306. The number of aromatic nitrogens is 1. The molecule has 1 aromatic heterocycles. The minimum Gasteiger partial charge on any atom is -0.364 e. The second-order valence-corrected chi connectivity index (χ2v) is 2.42. The first-order valence-electron chi connectivity index (χ1n) is 3.94. The van der Waals surface area contributed by atoms with Crippen LogP contribution in [0.4, 0.5) is 0 Å². The molecular formula is C8H10N2O3. The summed E-state index contributed by atoms with van der Waals surface area (Å²) in [6, 6.07) is 0. The number of nitrogens with zero attached hydrogens (tertiary/aromatic N) is 1. The maximum Gasteiger partial charge on any atom is 0.274 e. The van der Waals surface area contributed by atoms with E-state index in [0.717, 1.165) is 5.56 Å². The zero-order valence-corrected chi connectivity index (χ0v) is 7.24. The number of amides is 1. The van der Waals surface area contributed by atoms with Gasteiger partial charge in [-0.25, -0.2) is 0 Å². The van der Waals surface area contributed by atoms with E-state index in [4.69, 9.17) is 0 Å². The lowest BCUT2D eigenvalue weighted by atomic mass is 10.2. The minimum absolute atomic E-state index is 0.00511. The highest BCUT2D eigenvalue weighted by Crippen LogP contribution is 2.06. The number of rotatable bonds is 4. The van der Waals surface area contributed by atoms with Gasteiger partial charge < -0.3 is 14.6 Å². The van der Waals surface area contributed by atoms with Crippen molar-refractivity contribution in [2.45, 2.75) is 13.3 Å². The predicted octanol–water partition coefficient (Wildman–Crippen LogP) is 0.166. The van der Waals surface area contributed by atoms with E-state index in [1.807, 2.05) is 6.92 Å². The van der Waals surface area contributed by atoms with Crippen LogP contribution in [0.3, 0.4) is 0 Å². The number of hydrogen-bond donors (Lipinski definition) is 1. The Morgan fingerprint density at radius 2 is 2.54 bits per heavy atom. The molecule has 0 radical (unpaired) electrons. The first-order chi connectivity index (χ1) is 6.29. The van der Waals surface area contributed by atoms with Crippen LogP contribution in [-0.4, -0.2) is 23.9 Å². The van der Waals surface area contributed by atoms with E-state index in [-0.39, 0.29) is 18.1 Å². The summed E-state index contributed by atoms with van der Waals surface area (Å²) in [5, 5.41) is 5.92. The van der Waals surface area contributed by atoms with Crippen LogP contribution in [0.1, 0.15) is 23.0 Å². The Hall–Kier alpha value is -1.65. The molecule has 0 aromatic carbocycles. The molecule has 0 saturated carbocycles. The Balaban J connectivity index is 2.70. The number of aldehydes is 1. The minimum atomic E-state index is -0.377. The van der Waals surface area contributed by atoms with Gasteiger partial charge in [-0.1, -0.05) is 12.1 Å². The molecule has 0 spiro atoms. The van der Waals surface area contributed by atoms with Crippen LogP contribution in [0.25, 0.3) is 0 Å². The topological polar surface area (TPSA) is 72.2 Å². The summed E-state index contributed by atoms with van der Waals surface area (Å²) < 4.78 is 4.64. The number of hydrogen-bond acceptors (Lipinski definition) is 4. The van der Waals surface area contributed by atoms with Crippen molar-refractivity contribution in [2.75, 3.05) is 6.54 Å². The summed E-state index contributed by atoms with van der Waals surface area (Å²) >= 11 is 0. The fraction of sp³-hybridized carbons (Fsp3) is 0.375. The Morgan fingerprint density at radius 3 is 3.15 bits per heavy atom. The van der Waals surface area contributed by atoms with Gasteiger partial charge in [-0.2, -0.15) is 0 Å². The van der Waals surface area contributed by atoms with Gasteiger partial charge in [0.15, 0.2) is 5.69 Å². The van der Waals surface area contributed by atoms with Crippen molar-refractivity contribution in [2.24, 2.45) is 0 Å². The molecule has 1 N–H and O–H groups in total.